The fraction of sp³-hybridized carbons (Fsp3) is 0.400. The first kappa shape index (κ1) is 24.5. The zero-order valence-electron chi connectivity index (χ0n) is 20.9. The van der Waals surface area contributed by atoms with Crippen molar-refractivity contribution in [1.29, 1.82) is 0 Å². The van der Waals surface area contributed by atoms with Crippen LogP contribution >= 0.6 is 0 Å². The van der Waals surface area contributed by atoms with Crippen molar-refractivity contribution in [2.45, 2.75) is 50.3 Å². The maximum atomic E-state index is 14.1. The molecule has 3 atom stereocenters. The van der Waals surface area contributed by atoms with Crippen LogP contribution < -0.4 is 5.32 Å². The van der Waals surface area contributed by atoms with Crippen LogP contribution in [0.15, 0.2) is 79.6 Å². The molecule has 36 heavy (non-hydrogen) atoms. The van der Waals surface area contributed by atoms with E-state index in [0.29, 0.717) is 18.8 Å². The van der Waals surface area contributed by atoms with Crippen LogP contribution in [0.5, 0.6) is 0 Å². The maximum absolute atomic E-state index is 14.1. The van der Waals surface area contributed by atoms with E-state index >= 15 is 0 Å². The zero-order valence-corrected chi connectivity index (χ0v) is 20.9. The molecular weight excluding hydrogens is 448 g/mol. The first-order chi connectivity index (χ1) is 17.8. The van der Waals surface area contributed by atoms with Crippen molar-refractivity contribution < 1.29 is 9.53 Å². The lowest BCUT2D eigenvalue weighted by Crippen LogP contribution is -2.54. The predicted molar refractivity (Wildman–Crippen MR) is 143 cm³/mol. The van der Waals surface area contributed by atoms with Crippen LogP contribution in [0.25, 0.3) is 11.3 Å². The molecule has 1 saturated heterocycles. The summed E-state index contributed by atoms with van der Waals surface area (Å²) >= 11 is 0. The number of amides is 1. The summed E-state index contributed by atoms with van der Waals surface area (Å²) in [6, 6.07) is 20.8. The van der Waals surface area contributed by atoms with Crippen LogP contribution in [0, 0.1) is 0 Å². The zero-order chi connectivity index (χ0) is 24.7. The van der Waals surface area contributed by atoms with Crippen molar-refractivity contribution >= 4 is 5.91 Å². The summed E-state index contributed by atoms with van der Waals surface area (Å²) in [5.74, 6) is 0.00871. The van der Waals surface area contributed by atoms with Crippen molar-refractivity contribution in [2.75, 3.05) is 26.2 Å². The second-order valence-electron chi connectivity index (χ2n) is 9.77. The summed E-state index contributed by atoms with van der Waals surface area (Å²) in [6.07, 6.45) is 8.89. The molecule has 6 nitrogen and oxygen atoms in total. The van der Waals surface area contributed by atoms with Crippen LogP contribution in [-0.4, -0.2) is 58.7 Å². The summed E-state index contributed by atoms with van der Waals surface area (Å²) in [5.41, 5.74) is 3.69. The SMILES string of the molecule is C=CCO[C@H]1CCCC[C@@H]1n1cnc(C(=O)N2CCNC[C@H]2Cc2ccccc2)c1-c1ccccc1. The molecule has 1 N–H and O–H groups in total. The van der Waals surface area contributed by atoms with Gasteiger partial charge in [-0.1, -0.05) is 79.6 Å². The Morgan fingerprint density at radius 2 is 1.83 bits per heavy atom. The largest absolute Gasteiger partial charge is 0.372 e. The monoisotopic (exact) mass is 484 g/mol. The van der Waals surface area contributed by atoms with Crippen molar-refractivity contribution in [3.8, 4) is 11.3 Å². The van der Waals surface area contributed by atoms with Gasteiger partial charge in [-0.2, -0.15) is 0 Å². The minimum Gasteiger partial charge on any atom is -0.372 e. The molecule has 2 aromatic carbocycles. The van der Waals surface area contributed by atoms with Crippen molar-refractivity contribution in [3.63, 3.8) is 0 Å². The fourth-order valence-corrected chi connectivity index (χ4v) is 5.67. The van der Waals surface area contributed by atoms with Gasteiger partial charge in [0.2, 0.25) is 0 Å². The molecule has 1 saturated carbocycles. The van der Waals surface area contributed by atoms with E-state index in [9.17, 15) is 4.79 Å². The second-order valence-corrected chi connectivity index (χ2v) is 9.77. The van der Waals surface area contributed by atoms with Gasteiger partial charge in [0.05, 0.1) is 30.8 Å². The fourth-order valence-electron chi connectivity index (χ4n) is 5.67. The summed E-state index contributed by atoms with van der Waals surface area (Å²) in [6.45, 7) is 6.60. The molecule has 1 aromatic heterocycles. The van der Waals surface area contributed by atoms with Crippen LogP contribution in [0.2, 0.25) is 0 Å². The normalized spacial score (nSPS) is 22.3. The lowest BCUT2D eigenvalue weighted by molar-refractivity contribution is 0.00938. The topological polar surface area (TPSA) is 59.4 Å². The Hall–Kier alpha value is -3.22. The van der Waals surface area contributed by atoms with Crippen LogP contribution in [0.3, 0.4) is 0 Å². The Bertz CT molecular complexity index is 1140. The number of rotatable bonds is 8. The average molecular weight is 485 g/mol. The first-order valence-corrected chi connectivity index (χ1v) is 13.2. The minimum absolute atomic E-state index is 0.00871. The number of hydrogen-bond acceptors (Lipinski definition) is 4. The lowest BCUT2D eigenvalue weighted by atomic mass is 9.91. The predicted octanol–water partition coefficient (Wildman–Crippen LogP) is 4.89. The van der Waals surface area contributed by atoms with Gasteiger partial charge in [-0.3, -0.25) is 4.79 Å². The summed E-state index contributed by atoms with van der Waals surface area (Å²) in [4.78, 5) is 20.9. The van der Waals surface area contributed by atoms with Gasteiger partial charge < -0.3 is 19.5 Å². The van der Waals surface area contributed by atoms with Crippen molar-refractivity contribution in [1.82, 2.24) is 19.8 Å². The molecule has 3 aromatic rings. The van der Waals surface area contributed by atoms with Gasteiger partial charge in [-0.15, -0.1) is 6.58 Å². The maximum Gasteiger partial charge on any atom is 0.275 e. The van der Waals surface area contributed by atoms with Gasteiger partial charge in [-0.25, -0.2) is 4.98 Å². The number of nitrogens with zero attached hydrogens (tertiary/aromatic N) is 3. The van der Waals surface area contributed by atoms with Gasteiger partial charge in [-0.05, 0) is 24.8 Å². The van der Waals surface area contributed by atoms with E-state index in [1.807, 2.05) is 41.6 Å². The highest BCUT2D eigenvalue weighted by atomic mass is 16.5. The smallest absolute Gasteiger partial charge is 0.275 e. The second kappa shape index (κ2) is 11.7. The Labute approximate surface area is 214 Å². The van der Waals surface area contributed by atoms with Gasteiger partial charge in [0.15, 0.2) is 5.69 Å². The molecular formula is C30H36N4O2. The molecule has 188 valence electrons. The van der Waals surface area contributed by atoms with Crippen LogP contribution in [0.1, 0.15) is 47.8 Å². The van der Waals surface area contributed by atoms with E-state index in [-0.39, 0.29) is 24.1 Å². The Kier molecular flexibility index (Phi) is 7.94. The van der Waals surface area contributed by atoms with Gasteiger partial charge in [0, 0.05) is 31.2 Å². The number of carbonyl (C=O) groups is 1. The van der Waals surface area contributed by atoms with Gasteiger partial charge in [0.25, 0.3) is 5.91 Å². The van der Waals surface area contributed by atoms with E-state index in [2.05, 4.69) is 52.9 Å². The highest BCUT2D eigenvalue weighted by Gasteiger charge is 2.34. The number of piperazine rings is 1. The number of benzene rings is 2. The van der Waals surface area contributed by atoms with Crippen molar-refractivity contribution in [3.05, 3.63) is 90.9 Å². The molecule has 5 rings (SSSR count). The van der Waals surface area contributed by atoms with E-state index in [4.69, 9.17) is 9.72 Å². The third kappa shape index (κ3) is 5.30. The Morgan fingerprint density at radius 3 is 2.61 bits per heavy atom. The molecule has 2 aliphatic rings. The summed E-state index contributed by atoms with van der Waals surface area (Å²) < 4.78 is 8.40. The number of imidazole rings is 1. The minimum atomic E-state index is 0.00871. The molecule has 2 fully saturated rings. The van der Waals surface area contributed by atoms with Crippen molar-refractivity contribution in [2.24, 2.45) is 0 Å². The quantitative estimate of drug-likeness (QED) is 0.463. The molecule has 1 aliphatic heterocycles. The third-order valence-electron chi connectivity index (χ3n) is 7.42. The highest BCUT2D eigenvalue weighted by molar-refractivity contribution is 5.98. The van der Waals surface area contributed by atoms with Crippen LogP contribution in [0.4, 0.5) is 0 Å². The summed E-state index contributed by atoms with van der Waals surface area (Å²) in [5, 5.41) is 3.48. The summed E-state index contributed by atoms with van der Waals surface area (Å²) in [7, 11) is 0. The molecule has 2 heterocycles. The van der Waals surface area contributed by atoms with Gasteiger partial charge >= 0.3 is 0 Å². The number of carbonyl (C=O) groups excluding carboxylic acids is 1. The third-order valence-corrected chi connectivity index (χ3v) is 7.42. The van der Waals surface area contributed by atoms with E-state index in [1.165, 1.54) is 5.56 Å². The molecule has 0 spiro atoms. The standard InChI is InChI=1S/C30H36N4O2/c1-2-19-36-27-16-10-9-15-26(27)34-22-32-28(29(34)24-13-7-4-8-14-24)30(35)33-18-17-31-21-25(33)20-23-11-5-3-6-12-23/h2-8,11-14,22,25-27,31H,1,9-10,15-21H2/t25-,26+,27+/m1/s1. The Balaban J connectivity index is 1.50. The molecule has 6 heteroatoms. The highest BCUT2D eigenvalue weighted by Crippen LogP contribution is 2.36. The molecule has 0 unspecified atom stereocenters. The molecule has 0 radical (unpaired) electrons. The van der Waals surface area contributed by atoms with Crippen LogP contribution in [-0.2, 0) is 11.2 Å². The number of aromatic nitrogens is 2. The number of nitrogens with one attached hydrogen (secondary N) is 1. The number of hydrogen-bond donors (Lipinski definition) is 1. The molecule has 1 aliphatic carbocycles. The van der Waals surface area contributed by atoms with E-state index in [1.54, 1.807) is 0 Å². The number of ether oxygens (including phenoxy) is 1. The lowest BCUT2D eigenvalue weighted by Gasteiger charge is -2.36. The van der Waals surface area contributed by atoms with Gasteiger partial charge in [0.1, 0.15) is 0 Å². The van der Waals surface area contributed by atoms with E-state index < -0.39 is 0 Å². The Morgan fingerprint density at radius 1 is 1.08 bits per heavy atom. The molecule has 0 bridgehead atoms. The molecule has 1 amide bonds. The first-order valence-electron chi connectivity index (χ1n) is 13.2. The van der Waals surface area contributed by atoms with E-state index in [0.717, 1.165) is 56.5 Å². The average Bonchev–Trinajstić information content (AvgIpc) is 3.38.